The van der Waals surface area contributed by atoms with E-state index in [1.165, 1.54) is 26.2 Å². The SMILES string of the molecule is CCc1c(C(F)(F)F)cnn(-c2cc(OC)c(Cl)cc2Cl)c1=O. The van der Waals surface area contributed by atoms with Crippen molar-refractivity contribution in [1.29, 1.82) is 0 Å². The van der Waals surface area contributed by atoms with Gasteiger partial charge in [-0.1, -0.05) is 30.1 Å². The molecule has 1 aromatic heterocycles. The number of hydrogen-bond acceptors (Lipinski definition) is 3. The zero-order valence-electron chi connectivity index (χ0n) is 12.0. The van der Waals surface area contributed by atoms with Crippen molar-refractivity contribution in [3.8, 4) is 11.4 Å². The van der Waals surface area contributed by atoms with Crippen LogP contribution in [-0.2, 0) is 12.6 Å². The van der Waals surface area contributed by atoms with Gasteiger partial charge in [0, 0.05) is 11.6 Å². The number of ether oxygens (including phenoxy) is 1. The van der Waals surface area contributed by atoms with Crippen molar-refractivity contribution in [2.45, 2.75) is 19.5 Å². The van der Waals surface area contributed by atoms with E-state index in [-0.39, 0.29) is 27.9 Å². The minimum absolute atomic E-state index is 0.0622. The maximum absolute atomic E-state index is 12.9. The summed E-state index contributed by atoms with van der Waals surface area (Å²) in [5.41, 5.74) is -2.26. The number of aromatic nitrogens is 2. The number of nitrogens with zero attached hydrogens (tertiary/aromatic N) is 2. The molecule has 0 bridgehead atoms. The first-order valence-corrected chi connectivity index (χ1v) is 7.18. The minimum Gasteiger partial charge on any atom is -0.495 e. The zero-order chi connectivity index (χ0) is 17.4. The van der Waals surface area contributed by atoms with E-state index in [1.807, 2.05) is 0 Å². The highest BCUT2D eigenvalue weighted by atomic mass is 35.5. The average molecular weight is 367 g/mol. The molecule has 23 heavy (non-hydrogen) atoms. The minimum atomic E-state index is -4.65. The van der Waals surface area contributed by atoms with Gasteiger partial charge in [0.25, 0.3) is 5.56 Å². The van der Waals surface area contributed by atoms with Gasteiger partial charge in [-0.05, 0) is 12.5 Å². The molecule has 0 atom stereocenters. The summed E-state index contributed by atoms with van der Waals surface area (Å²) in [6.07, 6.45) is -4.14. The van der Waals surface area contributed by atoms with Crippen LogP contribution in [0.2, 0.25) is 10.0 Å². The fourth-order valence-electron chi connectivity index (χ4n) is 2.08. The molecule has 0 aliphatic rings. The third-order valence-electron chi connectivity index (χ3n) is 3.19. The van der Waals surface area contributed by atoms with E-state index in [0.717, 1.165) is 4.68 Å². The van der Waals surface area contributed by atoms with Crippen LogP contribution >= 0.6 is 23.2 Å². The summed E-state index contributed by atoms with van der Waals surface area (Å²) in [6, 6.07) is 2.67. The summed E-state index contributed by atoms with van der Waals surface area (Å²) in [7, 11) is 1.36. The molecule has 0 unspecified atom stereocenters. The highest BCUT2D eigenvalue weighted by Crippen LogP contribution is 2.33. The van der Waals surface area contributed by atoms with Crippen LogP contribution in [-0.4, -0.2) is 16.9 Å². The lowest BCUT2D eigenvalue weighted by Gasteiger charge is -2.14. The van der Waals surface area contributed by atoms with Crippen LogP contribution in [0.1, 0.15) is 18.1 Å². The summed E-state index contributed by atoms with van der Waals surface area (Å²) in [6.45, 7) is 1.46. The Hall–Kier alpha value is -1.73. The van der Waals surface area contributed by atoms with Crippen LogP contribution in [0.3, 0.4) is 0 Å². The summed E-state index contributed by atoms with van der Waals surface area (Å²) in [5, 5.41) is 3.86. The largest absolute Gasteiger partial charge is 0.495 e. The van der Waals surface area contributed by atoms with E-state index < -0.39 is 22.9 Å². The molecule has 0 fully saturated rings. The summed E-state index contributed by atoms with van der Waals surface area (Å²) < 4.78 is 44.7. The topological polar surface area (TPSA) is 44.1 Å². The highest BCUT2D eigenvalue weighted by Gasteiger charge is 2.35. The third-order valence-corrected chi connectivity index (χ3v) is 3.78. The normalized spacial score (nSPS) is 11.6. The van der Waals surface area contributed by atoms with Gasteiger partial charge < -0.3 is 4.74 Å². The fraction of sp³-hybridized carbons (Fsp3) is 0.286. The Morgan fingerprint density at radius 2 is 1.91 bits per heavy atom. The van der Waals surface area contributed by atoms with E-state index >= 15 is 0 Å². The van der Waals surface area contributed by atoms with Crippen LogP contribution in [0.5, 0.6) is 5.75 Å². The Morgan fingerprint density at radius 1 is 1.26 bits per heavy atom. The van der Waals surface area contributed by atoms with Crippen LogP contribution in [0, 0.1) is 0 Å². The molecule has 2 rings (SSSR count). The van der Waals surface area contributed by atoms with Gasteiger partial charge in [-0.25, -0.2) is 0 Å². The second-order valence-electron chi connectivity index (χ2n) is 4.54. The van der Waals surface area contributed by atoms with Gasteiger partial charge >= 0.3 is 6.18 Å². The molecule has 0 saturated carbocycles. The first kappa shape index (κ1) is 17.6. The van der Waals surface area contributed by atoms with Gasteiger partial charge in [-0.2, -0.15) is 23.0 Å². The lowest BCUT2D eigenvalue weighted by molar-refractivity contribution is -0.138. The van der Waals surface area contributed by atoms with Crippen LogP contribution in [0.4, 0.5) is 13.2 Å². The number of methoxy groups -OCH3 is 1. The third kappa shape index (κ3) is 3.30. The molecule has 4 nitrogen and oxygen atoms in total. The number of alkyl halides is 3. The fourth-order valence-corrected chi connectivity index (χ4v) is 2.62. The number of halogens is 5. The molecule has 9 heteroatoms. The van der Waals surface area contributed by atoms with Crippen molar-refractivity contribution in [3.05, 3.63) is 49.9 Å². The molecule has 0 saturated heterocycles. The molecule has 124 valence electrons. The standard InChI is InChI=1S/C14H11Cl2F3N2O2/c1-3-7-8(14(17,18)19)6-20-21(13(7)22)11-5-12(23-2)10(16)4-9(11)15/h4-6H,3H2,1-2H3. The highest BCUT2D eigenvalue weighted by molar-refractivity contribution is 6.36. The number of benzene rings is 1. The van der Waals surface area contributed by atoms with E-state index in [9.17, 15) is 18.0 Å². The lowest BCUT2D eigenvalue weighted by atomic mass is 10.1. The molecule has 0 aliphatic heterocycles. The molecule has 0 aliphatic carbocycles. The van der Waals surface area contributed by atoms with Gasteiger partial charge in [-0.3, -0.25) is 4.79 Å². The monoisotopic (exact) mass is 366 g/mol. The number of hydrogen-bond donors (Lipinski definition) is 0. The summed E-state index contributed by atoms with van der Waals surface area (Å²) >= 11 is 11.9. The van der Waals surface area contributed by atoms with Crippen LogP contribution in [0.15, 0.2) is 23.1 Å². The molecule has 0 radical (unpaired) electrons. The maximum atomic E-state index is 12.9. The quantitative estimate of drug-likeness (QED) is 0.820. The smallest absolute Gasteiger partial charge is 0.418 e. The Balaban J connectivity index is 2.74. The van der Waals surface area contributed by atoms with E-state index in [0.29, 0.717) is 6.20 Å². The molecule has 2 aromatic rings. The molecular formula is C14H11Cl2F3N2O2. The van der Waals surface area contributed by atoms with Crippen molar-refractivity contribution in [3.63, 3.8) is 0 Å². The summed E-state index contributed by atoms with van der Waals surface area (Å²) in [5.74, 6) is 0.220. The van der Waals surface area contributed by atoms with E-state index in [4.69, 9.17) is 27.9 Å². The second kappa shape index (κ2) is 6.41. The molecule has 1 heterocycles. The Labute approximate surface area is 139 Å². The van der Waals surface area contributed by atoms with Gasteiger partial charge in [0.15, 0.2) is 0 Å². The maximum Gasteiger partial charge on any atom is 0.418 e. The lowest BCUT2D eigenvalue weighted by Crippen LogP contribution is -2.28. The Bertz CT molecular complexity index is 804. The molecule has 0 amide bonds. The zero-order valence-corrected chi connectivity index (χ0v) is 13.6. The molecule has 1 aromatic carbocycles. The average Bonchev–Trinajstić information content (AvgIpc) is 2.46. The number of rotatable bonds is 3. The molecular weight excluding hydrogens is 356 g/mol. The van der Waals surface area contributed by atoms with E-state index in [1.54, 1.807) is 0 Å². The Kier molecular flexibility index (Phi) is 4.91. The molecule has 0 spiro atoms. The second-order valence-corrected chi connectivity index (χ2v) is 5.36. The van der Waals surface area contributed by atoms with Crippen molar-refractivity contribution in [2.75, 3.05) is 7.11 Å². The van der Waals surface area contributed by atoms with Crippen LogP contribution in [0.25, 0.3) is 5.69 Å². The predicted molar refractivity (Wildman–Crippen MR) is 80.8 cm³/mol. The van der Waals surface area contributed by atoms with E-state index in [2.05, 4.69) is 5.10 Å². The predicted octanol–water partition coefficient (Wildman–Crippen LogP) is 4.13. The van der Waals surface area contributed by atoms with Crippen molar-refractivity contribution in [1.82, 2.24) is 9.78 Å². The molecule has 0 N–H and O–H groups in total. The Morgan fingerprint density at radius 3 is 2.43 bits per heavy atom. The van der Waals surface area contributed by atoms with Gasteiger partial charge in [-0.15, -0.1) is 0 Å². The van der Waals surface area contributed by atoms with Crippen LogP contribution < -0.4 is 10.3 Å². The van der Waals surface area contributed by atoms with Gasteiger partial charge in [0.2, 0.25) is 0 Å². The van der Waals surface area contributed by atoms with Gasteiger partial charge in [0.1, 0.15) is 5.75 Å². The first-order valence-electron chi connectivity index (χ1n) is 6.42. The first-order chi connectivity index (χ1) is 10.7. The summed E-state index contributed by atoms with van der Waals surface area (Å²) in [4.78, 5) is 12.4. The van der Waals surface area contributed by atoms with Crippen molar-refractivity contribution < 1.29 is 17.9 Å². The van der Waals surface area contributed by atoms with Crippen molar-refractivity contribution >= 4 is 23.2 Å². The van der Waals surface area contributed by atoms with Gasteiger partial charge in [0.05, 0.1) is 34.6 Å². The van der Waals surface area contributed by atoms with Crippen molar-refractivity contribution in [2.24, 2.45) is 0 Å².